The van der Waals surface area contributed by atoms with Crippen LogP contribution in [0.4, 0.5) is 5.69 Å². The Hall–Kier alpha value is -1.57. The van der Waals surface area contributed by atoms with Crippen LogP contribution in [0.2, 0.25) is 0 Å². The molecule has 2 aliphatic rings. The number of fused-ring (bicyclic) bond motifs is 3. The highest BCUT2D eigenvalue weighted by molar-refractivity contribution is 5.94. The Kier molecular flexibility index (Phi) is 2.32. The number of ketones is 1. The summed E-state index contributed by atoms with van der Waals surface area (Å²) < 4.78 is 0. The second-order valence-corrected chi connectivity index (χ2v) is 5.15. The van der Waals surface area contributed by atoms with Gasteiger partial charge in [-0.05, 0) is 37.5 Å². The molecule has 1 aromatic rings. The van der Waals surface area contributed by atoms with Crippen molar-refractivity contribution in [2.75, 3.05) is 4.90 Å². The molecule has 2 aliphatic heterocycles. The summed E-state index contributed by atoms with van der Waals surface area (Å²) in [4.78, 5) is 14.0. The van der Waals surface area contributed by atoms with Gasteiger partial charge in [-0.25, -0.2) is 0 Å². The van der Waals surface area contributed by atoms with E-state index in [1.165, 1.54) is 16.8 Å². The summed E-state index contributed by atoms with van der Waals surface area (Å²) in [6, 6.07) is 6.95. The van der Waals surface area contributed by atoms with Crippen molar-refractivity contribution < 1.29 is 4.79 Å². The fourth-order valence-corrected chi connectivity index (χ4v) is 2.96. The van der Waals surface area contributed by atoms with E-state index in [4.69, 9.17) is 0 Å². The molecule has 0 fully saturated rings. The monoisotopic (exact) mass is 227 g/mol. The highest BCUT2D eigenvalue weighted by Crippen LogP contribution is 2.36. The maximum absolute atomic E-state index is 11.7. The van der Waals surface area contributed by atoms with Crippen LogP contribution in [0, 0.1) is 12.8 Å². The molecule has 3 rings (SSSR count). The molecule has 0 bridgehead atoms. The van der Waals surface area contributed by atoms with E-state index in [0.717, 1.165) is 12.8 Å². The van der Waals surface area contributed by atoms with Gasteiger partial charge in [0.2, 0.25) is 0 Å². The number of nitrogens with zero attached hydrogens (tertiary/aromatic N) is 1. The zero-order chi connectivity index (χ0) is 12.0. The Balaban J connectivity index is 2.07. The minimum absolute atomic E-state index is 0.120. The Bertz CT molecular complexity index is 504. The van der Waals surface area contributed by atoms with Crippen molar-refractivity contribution in [1.82, 2.24) is 0 Å². The zero-order valence-corrected chi connectivity index (χ0v) is 10.3. The lowest BCUT2D eigenvalue weighted by molar-refractivity contribution is -0.118. The molecule has 0 N–H and O–H groups in total. The van der Waals surface area contributed by atoms with Crippen molar-refractivity contribution in [1.29, 1.82) is 0 Å². The predicted molar refractivity (Wildman–Crippen MR) is 69.1 cm³/mol. The summed E-state index contributed by atoms with van der Waals surface area (Å²) in [5.41, 5.74) is 4.00. The number of hydrogen-bond acceptors (Lipinski definition) is 2. The summed E-state index contributed by atoms with van der Waals surface area (Å²) in [7, 11) is 0. The molecule has 88 valence electrons. The maximum atomic E-state index is 11.7. The molecule has 0 saturated heterocycles. The molecule has 0 aromatic heterocycles. The van der Waals surface area contributed by atoms with Crippen molar-refractivity contribution in [3.8, 4) is 0 Å². The molecule has 2 heterocycles. The van der Waals surface area contributed by atoms with Gasteiger partial charge in [0.15, 0.2) is 5.78 Å². The van der Waals surface area contributed by atoms with Gasteiger partial charge in [0, 0.05) is 23.8 Å². The topological polar surface area (TPSA) is 20.3 Å². The van der Waals surface area contributed by atoms with Crippen molar-refractivity contribution in [3.05, 3.63) is 41.6 Å². The molecule has 2 nitrogen and oxygen atoms in total. The summed E-state index contributed by atoms with van der Waals surface area (Å²) in [5.74, 6) is 0.385. The first-order valence-corrected chi connectivity index (χ1v) is 6.27. The maximum Gasteiger partial charge on any atom is 0.162 e. The average Bonchev–Trinajstić information content (AvgIpc) is 2.33. The molecule has 0 spiro atoms. The van der Waals surface area contributed by atoms with E-state index < -0.39 is 0 Å². The highest BCUT2D eigenvalue weighted by atomic mass is 16.1. The standard InChI is InChI=1S/C15H17NO/c1-10-3-5-14-12(9-10)4-6-13-11(2)15(17)7-8-16(13)14/h3,5,7-9,11,13H,4,6H2,1-2H3/t11-,13?/m0/s1. The van der Waals surface area contributed by atoms with Crippen LogP contribution >= 0.6 is 0 Å². The number of anilines is 1. The van der Waals surface area contributed by atoms with Crippen LogP contribution in [0.1, 0.15) is 24.5 Å². The largest absolute Gasteiger partial charge is 0.344 e. The van der Waals surface area contributed by atoms with E-state index in [2.05, 4.69) is 30.0 Å². The molecule has 0 aliphatic carbocycles. The molecule has 0 saturated carbocycles. The van der Waals surface area contributed by atoms with Crippen molar-refractivity contribution in [2.45, 2.75) is 32.7 Å². The van der Waals surface area contributed by atoms with E-state index in [0.29, 0.717) is 6.04 Å². The fourth-order valence-electron chi connectivity index (χ4n) is 2.96. The molecular formula is C15H17NO. The second kappa shape index (κ2) is 3.73. The third kappa shape index (κ3) is 1.59. The smallest absolute Gasteiger partial charge is 0.162 e. The van der Waals surface area contributed by atoms with E-state index in [-0.39, 0.29) is 11.7 Å². The molecule has 2 atom stereocenters. The fraction of sp³-hybridized carbons (Fsp3) is 0.400. The predicted octanol–water partition coefficient (Wildman–Crippen LogP) is 2.85. The minimum atomic E-state index is 0.120. The van der Waals surface area contributed by atoms with Crippen LogP contribution in [0.25, 0.3) is 0 Å². The second-order valence-electron chi connectivity index (χ2n) is 5.15. The Morgan fingerprint density at radius 2 is 2.18 bits per heavy atom. The Morgan fingerprint density at radius 3 is 3.00 bits per heavy atom. The Labute approximate surface area is 102 Å². The first-order chi connectivity index (χ1) is 8.16. The van der Waals surface area contributed by atoms with Gasteiger partial charge in [-0.1, -0.05) is 24.6 Å². The van der Waals surface area contributed by atoms with Crippen LogP contribution < -0.4 is 4.90 Å². The lowest BCUT2D eigenvalue weighted by atomic mass is 9.84. The van der Waals surface area contributed by atoms with E-state index >= 15 is 0 Å². The van der Waals surface area contributed by atoms with Crippen LogP contribution in [0.3, 0.4) is 0 Å². The minimum Gasteiger partial charge on any atom is -0.344 e. The normalized spacial score (nSPS) is 26.7. The van der Waals surface area contributed by atoms with Gasteiger partial charge in [-0.15, -0.1) is 0 Å². The van der Waals surface area contributed by atoms with Crippen LogP contribution in [-0.4, -0.2) is 11.8 Å². The molecule has 0 radical (unpaired) electrons. The van der Waals surface area contributed by atoms with Gasteiger partial charge in [0.05, 0.1) is 0 Å². The van der Waals surface area contributed by atoms with Crippen LogP contribution in [-0.2, 0) is 11.2 Å². The average molecular weight is 227 g/mol. The molecule has 0 amide bonds. The summed E-state index contributed by atoms with van der Waals surface area (Å²) in [6.45, 7) is 4.17. The molecule has 1 aromatic carbocycles. The van der Waals surface area contributed by atoms with Gasteiger partial charge in [0.1, 0.15) is 0 Å². The Morgan fingerprint density at radius 1 is 1.35 bits per heavy atom. The lowest BCUT2D eigenvalue weighted by Crippen LogP contribution is -2.45. The number of carbonyl (C=O) groups is 1. The quantitative estimate of drug-likeness (QED) is 0.679. The third-order valence-electron chi connectivity index (χ3n) is 4.01. The number of allylic oxidation sites excluding steroid dienone is 1. The van der Waals surface area contributed by atoms with Gasteiger partial charge >= 0.3 is 0 Å². The lowest BCUT2D eigenvalue weighted by Gasteiger charge is -2.41. The van der Waals surface area contributed by atoms with Gasteiger partial charge < -0.3 is 4.90 Å². The van der Waals surface area contributed by atoms with Crippen LogP contribution in [0.15, 0.2) is 30.5 Å². The first kappa shape index (κ1) is 10.6. The van der Waals surface area contributed by atoms with E-state index in [9.17, 15) is 4.79 Å². The number of benzene rings is 1. The van der Waals surface area contributed by atoms with E-state index in [1.54, 1.807) is 6.08 Å². The van der Waals surface area contributed by atoms with Crippen molar-refractivity contribution in [2.24, 2.45) is 5.92 Å². The highest BCUT2D eigenvalue weighted by Gasteiger charge is 2.34. The number of rotatable bonds is 0. The van der Waals surface area contributed by atoms with E-state index in [1.807, 2.05) is 13.1 Å². The van der Waals surface area contributed by atoms with Gasteiger partial charge in [0.25, 0.3) is 0 Å². The SMILES string of the molecule is Cc1ccc2c(c1)CCC1[C@H](C)C(=O)C=CN21. The summed E-state index contributed by atoms with van der Waals surface area (Å²) in [5, 5.41) is 0. The number of hydrogen-bond donors (Lipinski definition) is 0. The molecule has 17 heavy (non-hydrogen) atoms. The van der Waals surface area contributed by atoms with Crippen molar-refractivity contribution >= 4 is 11.5 Å². The summed E-state index contributed by atoms with van der Waals surface area (Å²) in [6.07, 6.45) is 5.84. The number of carbonyl (C=O) groups excluding carboxylic acids is 1. The molecule has 1 unspecified atom stereocenters. The third-order valence-corrected chi connectivity index (χ3v) is 4.01. The van der Waals surface area contributed by atoms with Crippen molar-refractivity contribution in [3.63, 3.8) is 0 Å². The molecular weight excluding hydrogens is 210 g/mol. The first-order valence-electron chi connectivity index (χ1n) is 6.27. The summed E-state index contributed by atoms with van der Waals surface area (Å²) >= 11 is 0. The zero-order valence-electron chi connectivity index (χ0n) is 10.3. The number of aryl methyl sites for hydroxylation is 2. The van der Waals surface area contributed by atoms with Gasteiger partial charge in [-0.3, -0.25) is 4.79 Å². The van der Waals surface area contributed by atoms with Gasteiger partial charge in [-0.2, -0.15) is 0 Å². The molecule has 2 heteroatoms. The van der Waals surface area contributed by atoms with Crippen LogP contribution in [0.5, 0.6) is 0 Å².